The van der Waals surface area contributed by atoms with Gasteiger partial charge in [0, 0.05) is 14.1 Å². The van der Waals surface area contributed by atoms with Crippen molar-refractivity contribution < 1.29 is 4.79 Å². The molecule has 58 valence electrons. The lowest BCUT2D eigenvalue weighted by Crippen LogP contribution is -2.40. The van der Waals surface area contributed by atoms with E-state index in [0.717, 1.165) is 0 Å². The van der Waals surface area contributed by atoms with Gasteiger partial charge < -0.3 is 16.0 Å². The molecular weight excluding hydrogens is 132 g/mol. The summed E-state index contributed by atoms with van der Waals surface area (Å²) in [5.41, 5.74) is 5.05. The number of amides is 2. The number of nitrogens with one attached hydrogen (secondary N) is 2. The highest BCUT2D eigenvalue weighted by Gasteiger charge is 2.04. The van der Waals surface area contributed by atoms with Gasteiger partial charge in [-0.15, -0.1) is 0 Å². The number of rotatable bonds is 2. The van der Waals surface area contributed by atoms with Gasteiger partial charge in [-0.2, -0.15) is 0 Å². The Balaban J connectivity index is 3.72. The summed E-state index contributed by atoms with van der Waals surface area (Å²) in [6, 6.07) is -0.241. The molecule has 4 N–H and O–H groups in total. The summed E-state index contributed by atoms with van der Waals surface area (Å²) < 4.78 is 0. The Morgan fingerprint density at radius 2 is 2.30 bits per heavy atom. The molecule has 0 aliphatic rings. The number of nitrogens with two attached hydrogens (primary N) is 1. The number of carbonyl (C=O) groups excluding carboxylic acids is 1. The van der Waals surface area contributed by atoms with Gasteiger partial charge in [0.05, 0.1) is 6.54 Å². The van der Waals surface area contributed by atoms with Crippen molar-refractivity contribution in [3.05, 3.63) is 0 Å². The molecule has 0 fully saturated rings. The monoisotopic (exact) mass is 144 g/mol. The van der Waals surface area contributed by atoms with Crippen LogP contribution in [0.2, 0.25) is 0 Å². The standard InChI is InChI=1S/C5H12N4O/c1-8-5(10)9(2)3-4(6)7/h3H2,1-2H3,(H3,6,7)(H,8,10). The second-order valence-corrected chi connectivity index (χ2v) is 1.94. The number of likely N-dealkylation sites (N-methyl/N-ethyl adjacent to an activating group) is 1. The van der Waals surface area contributed by atoms with Gasteiger partial charge in [-0.25, -0.2) is 4.79 Å². The average molecular weight is 144 g/mol. The molecule has 0 atom stereocenters. The number of carbonyl (C=O) groups is 1. The molecule has 0 saturated heterocycles. The Morgan fingerprint density at radius 3 is 2.60 bits per heavy atom. The first-order valence-corrected chi connectivity index (χ1v) is 2.83. The van der Waals surface area contributed by atoms with E-state index in [9.17, 15) is 4.79 Å². The molecule has 0 aromatic rings. The molecular formula is C5H12N4O. The highest BCUT2D eigenvalue weighted by atomic mass is 16.2. The van der Waals surface area contributed by atoms with Crippen LogP contribution in [0.25, 0.3) is 0 Å². The van der Waals surface area contributed by atoms with Crippen molar-refractivity contribution in [1.29, 1.82) is 5.41 Å². The smallest absolute Gasteiger partial charge is 0.317 e. The summed E-state index contributed by atoms with van der Waals surface area (Å²) >= 11 is 0. The number of hydrogen-bond acceptors (Lipinski definition) is 2. The van der Waals surface area contributed by atoms with Crippen molar-refractivity contribution in [3.63, 3.8) is 0 Å². The lowest BCUT2D eigenvalue weighted by Gasteiger charge is -2.14. The summed E-state index contributed by atoms with van der Waals surface area (Å²) in [6.45, 7) is 0.166. The van der Waals surface area contributed by atoms with Crippen molar-refractivity contribution in [2.45, 2.75) is 0 Å². The van der Waals surface area contributed by atoms with Crippen LogP contribution in [0.1, 0.15) is 0 Å². The van der Waals surface area contributed by atoms with Gasteiger partial charge in [-0.1, -0.05) is 0 Å². The minimum Gasteiger partial charge on any atom is -0.386 e. The van der Waals surface area contributed by atoms with Gasteiger partial charge in [-0.3, -0.25) is 5.41 Å². The van der Waals surface area contributed by atoms with E-state index in [-0.39, 0.29) is 18.4 Å². The van der Waals surface area contributed by atoms with Crippen LogP contribution < -0.4 is 11.1 Å². The SMILES string of the molecule is CNC(=O)N(C)CC(=N)N. The molecule has 0 radical (unpaired) electrons. The van der Waals surface area contributed by atoms with Crippen LogP contribution in [0, 0.1) is 5.41 Å². The lowest BCUT2D eigenvalue weighted by atomic mass is 10.5. The zero-order valence-corrected chi connectivity index (χ0v) is 6.14. The van der Waals surface area contributed by atoms with E-state index in [0.29, 0.717) is 0 Å². The van der Waals surface area contributed by atoms with Crippen LogP contribution in [0.4, 0.5) is 4.79 Å². The molecule has 0 aliphatic carbocycles. The molecule has 0 aromatic carbocycles. The third kappa shape index (κ3) is 2.91. The van der Waals surface area contributed by atoms with Crippen molar-refractivity contribution in [2.75, 3.05) is 20.6 Å². The van der Waals surface area contributed by atoms with Crippen molar-refractivity contribution in [2.24, 2.45) is 5.73 Å². The van der Waals surface area contributed by atoms with Gasteiger partial charge in [0.25, 0.3) is 0 Å². The van der Waals surface area contributed by atoms with Crippen LogP contribution in [0.5, 0.6) is 0 Å². The molecule has 2 amide bonds. The second-order valence-electron chi connectivity index (χ2n) is 1.94. The van der Waals surface area contributed by atoms with E-state index >= 15 is 0 Å². The minimum atomic E-state index is -0.241. The molecule has 0 heterocycles. The predicted octanol–water partition coefficient (Wildman–Crippen LogP) is -0.806. The summed E-state index contributed by atoms with van der Waals surface area (Å²) in [5.74, 6) is -0.0221. The first-order chi connectivity index (χ1) is 4.57. The predicted molar refractivity (Wildman–Crippen MR) is 39.0 cm³/mol. The Labute approximate surface area is 59.7 Å². The number of amidine groups is 1. The van der Waals surface area contributed by atoms with Crippen LogP contribution >= 0.6 is 0 Å². The van der Waals surface area contributed by atoms with Crippen molar-refractivity contribution in [3.8, 4) is 0 Å². The number of nitrogens with zero attached hydrogens (tertiary/aromatic N) is 1. The van der Waals surface area contributed by atoms with Crippen molar-refractivity contribution >= 4 is 11.9 Å². The van der Waals surface area contributed by atoms with Crippen LogP contribution in [0.15, 0.2) is 0 Å². The fourth-order valence-corrected chi connectivity index (χ4v) is 0.518. The summed E-state index contributed by atoms with van der Waals surface area (Å²) in [7, 11) is 3.10. The zero-order chi connectivity index (χ0) is 8.15. The topological polar surface area (TPSA) is 82.2 Å². The highest BCUT2D eigenvalue weighted by Crippen LogP contribution is 1.80. The molecule has 0 saturated carbocycles. The third-order valence-corrected chi connectivity index (χ3v) is 0.968. The van der Waals surface area contributed by atoms with Crippen LogP contribution in [0.3, 0.4) is 0 Å². The maximum Gasteiger partial charge on any atom is 0.317 e. The fourth-order valence-electron chi connectivity index (χ4n) is 0.518. The van der Waals surface area contributed by atoms with Gasteiger partial charge in [0.15, 0.2) is 0 Å². The summed E-state index contributed by atoms with van der Waals surface area (Å²) in [4.78, 5) is 12.0. The number of hydrogen-bond donors (Lipinski definition) is 3. The number of urea groups is 1. The second kappa shape index (κ2) is 3.71. The molecule has 5 nitrogen and oxygen atoms in total. The van der Waals surface area contributed by atoms with E-state index in [2.05, 4.69) is 5.32 Å². The third-order valence-electron chi connectivity index (χ3n) is 0.968. The van der Waals surface area contributed by atoms with E-state index in [1.807, 2.05) is 0 Å². The van der Waals surface area contributed by atoms with Gasteiger partial charge >= 0.3 is 6.03 Å². The lowest BCUT2D eigenvalue weighted by molar-refractivity contribution is 0.216. The highest BCUT2D eigenvalue weighted by molar-refractivity contribution is 5.84. The van der Waals surface area contributed by atoms with E-state index in [4.69, 9.17) is 11.1 Å². The van der Waals surface area contributed by atoms with Crippen LogP contribution in [-0.2, 0) is 0 Å². The Bertz CT molecular complexity index is 145. The molecule has 0 rings (SSSR count). The maximum atomic E-state index is 10.7. The molecule has 0 aromatic heterocycles. The summed E-state index contributed by atoms with van der Waals surface area (Å²) in [5, 5.41) is 9.25. The van der Waals surface area contributed by atoms with E-state index in [1.54, 1.807) is 7.05 Å². The minimum absolute atomic E-state index is 0.0221. The zero-order valence-electron chi connectivity index (χ0n) is 6.14. The van der Waals surface area contributed by atoms with Crippen LogP contribution in [-0.4, -0.2) is 37.4 Å². The Kier molecular flexibility index (Phi) is 3.24. The molecule has 0 aliphatic heterocycles. The molecule has 0 spiro atoms. The van der Waals surface area contributed by atoms with Gasteiger partial charge in [0.2, 0.25) is 0 Å². The van der Waals surface area contributed by atoms with Crippen molar-refractivity contribution in [1.82, 2.24) is 10.2 Å². The van der Waals surface area contributed by atoms with E-state index < -0.39 is 0 Å². The average Bonchev–Trinajstić information content (AvgIpc) is 1.85. The Hall–Kier alpha value is -1.26. The normalized spacial score (nSPS) is 8.60. The van der Waals surface area contributed by atoms with Gasteiger partial charge in [0.1, 0.15) is 5.84 Å². The molecule has 5 heteroatoms. The quantitative estimate of drug-likeness (QED) is 0.350. The summed E-state index contributed by atoms with van der Waals surface area (Å²) in [6.07, 6.45) is 0. The molecule has 0 unspecified atom stereocenters. The Morgan fingerprint density at radius 1 is 1.80 bits per heavy atom. The van der Waals surface area contributed by atoms with Gasteiger partial charge in [-0.05, 0) is 0 Å². The molecule has 0 bridgehead atoms. The first-order valence-electron chi connectivity index (χ1n) is 2.83. The largest absolute Gasteiger partial charge is 0.386 e. The molecule has 10 heavy (non-hydrogen) atoms. The first kappa shape index (κ1) is 8.74. The van der Waals surface area contributed by atoms with E-state index in [1.165, 1.54) is 11.9 Å². The maximum absolute atomic E-state index is 10.7. The fraction of sp³-hybridized carbons (Fsp3) is 0.600.